The molecule has 0 spiro atoms. The molecule has 0 aromatic heterocycles. The Morgan fingerprint density at radius 3 is 2.81 bits per heavy atom. The standard InChI is InChI=1S/C13H18ClNO/c1-15-12(7-9-3-4-9)11-8-10(14)5-6-13(11)16-2/h5-6,8-9,12,15H,3-4,7H2,1-2H3. The molecule has 1 aliphatic rings. The summed E-state index contributed by atoms with van der Waals surface area (Å²) in [5.74, 6) is 1.80. The molecule has 1 aliphatic carbocycles. The minimum atomic E-state index is 0.348. The first-order valence-electron chi connectivity index (χ1n) is 5.75. The monoisotopic (exact) mass is 239 g/mol. The maximum Gasteiger partial charge on any atom is 0.123 e. The molecule has 16 heavy (non-hydrogen) atoms. The average molecular weight is 240 g/mol. The zero-order valence-corrected chi connectivity index (χ0v) is 10.6. The van der Waals surface area contributed by atoms with Crippen LogP contribution in [0, 0.1) is 5.92 Å². The molecule has 1 N–H and O–H groups in total. The highest BCUT2D eigenvalue weighted by Crippen LogP contribution is 2.40. The third-order valence-electron chi connectivity index (χ3n) is 3.18. The summed E-state index contributed by atoms with van der Waals surface area (Å²) in [5.41, 5.74) is 1.17. The summed E-state index contributed by atoms with van der Waals surface area (Å²) in [5, 5.41) is 4.12. The molecule has 1 fully saturated rings. The molecule has 1 unspecified atom stereocenters. The maximum atomic E-state index is 6.04. The van der Waals surface area contributed by atoms with E-state index in [0.717, 1.165) is 16.7 Å². The Labute approximate surface area is 102 Å². The first kappa shape index (κ1) is 11.7. The van der Waals surface area contributed by atoms with Crippen molar-refractivity contribution in [3.05, 3.63) is 28.8 Å². The summed E-state index contributed by atoms with van der Waals surface area (Å²) in [6.07, 6.45) is 3.90. The average Bonchev–Trinajstić information content (AvgIpc) is 3.09. The van der Waals surface area contributed by atoms with Crippen LogP contribution < -0.4 is 10.1 Å². The van der Waals surface area contributed by atoms with Gasteiger partial charge in [0.05, 0.1) is 7.11 Å². The Bertz CT molecular complexity index is 363. The SMILES string of the molecule is CNC(CC1CC1)c1cc(Cl)ccc1OC. The molecule has 2 rings (SSSR count). The van der Waals surface area contributed by atoms with Gasteiger partial charge in [-0.1, -0.05) is 24.4 Å². The molecule has 3 heteroatoms. The minimum Gasteiger partial charge on any atom is -0.496 e. The number of ether oxygens (including phenoxy) is 1. The summed E-state index contributed by atoms with van der Waals surface area (Å²) in [6.45, 7) is 0. The van der Waals surface area contributed by atoms with Gasteiger partial charge in [-0.25, -0.2) is 0 Å². The van der Waals surface area contributed by atoms with Gasteiger partial charge in [0.1, 0.15) is 5.75 Å². The highest BCUT2D eigenvalue weighted by Gasteiger charge is 2.26. The summed E-state index contributed by atoms with van der Waals surface area (Å²) in [6, 6.07) is 6.16. The Kier molecular flexibility index (Phi) is 3.72. The van der Waals surface area contributed by atoms with E-state index in [9.17, 15) is 0 Å². The number of halogens is 1. The fourth-order valence-corrected chi connectivity index (χ4v) is 2.25. The maximum absolute atomic E-state index is 6.04. The molecular formula is C13H18ClNO. The number of hydrogen-bond acceptors (Lipinski definition) is 2. The predicted molar refractivity (Wildman–Crippen MR) is 67.1 cm³/mol. The molecule has 1 aromatic rings. The van der Waals surface area contributed by atoms with Crippen LogP contribution in [0.1, 0.15) is 30.9 Å². The van der Waals surface area contributed by atoms with E-state index >= 15 is 0 Å². The van der Waals surface area contributed by atoms with Gasteiger partial charge in [0.25, 0.3) is 0 Å². The Morgan fingerprint density at radius 1 is 1.50 bits per heavy atom. The molecule has 0 saturated heterocycles. The van der Waals surface area contributed by atoms with Gasteiger partial charge < -0.3 is 10.1 Å². The number of nitrogens with one attached hydrogen (secondary N) is 1. The van der Waals surface area contributed by atoms with Gasteiger partial charge in [0.15, 0.2) is 0 Å². The smallest absolute Gasteiger partial charge is 0.123 e. The van der Waals surface area contributed by atoms with E-state index in [2.05, 4.69) is 5.32 Å². The van der Waals surface area contributed by atoms with E-state index < -0.39 is 0 Å². The fraction of sp³-hybridized carbons (Fsp3) is 0.538. The first-order chi connectivity index (χ1) is 7.74. The molecule has 0 heterocycles. The van der Waals surface area contributed by atoms with Gasteiger partial charge in [-0.05, 0) is 37.6 Å². The van der Waals surface area contributed by atoms with Crippen molar-refractivity contribution in [1.82, 2.24) is 5.32 Å². The third kappa shape index (κ3) is 2.69. The van der Waals surface area contributed by atoms with Crippen molar-refractivity contribution < 1.29 is 4.74 Å². The van der Waals surface area contributed by atoms with Crippen molar-refractivity contribution in [2.45, 2.75) is 25.3 Å². The summed E-state index contributed by atoms with van der Waals surface area (Å²) < 4.78 is 5.39. The van der Waals surface area contributed by atoms with Crippen LogP contribution >= 0.6 is 11.6 Å². The molecule has 0 radical (unpaired) electrons. The highest BCUT2D eigenvalue weighted by atomic mass is 35.5. The second-order valence-corrected chi connectivity index (χ2v) is 4.84. The zero-order chi connectivity index (χ0) is 11.5. The van der Waals surface area contributed by atoms with Gasteiger partial charge in [-0.15, -0.1) is 0 Å². The van der Waals surface area contributed by atoms with E-state index in [1.807, 2.05) is 25.2 Å². The molecule has 0 bridgehead atoms. The van der Waals surface area contributed by atoms with Gasteiger partial charge in [0.2, 0.25) is 0 Å². The Hall–Kier alpha value is -0.730. The van der Waals surface area contributed by atoms with Crippen molar-refractivity contribution >= 4 is 11.6 Å². The largest absolute Gasteiger partial charge is 0.496 e. The van der Waals surface area contributed by atoms with Crippen LogP contribution in [0.3, 0.4) is 0 Å². The fourth-order valence-electron chi connectivity index (χ4n) is 2.06. The lowest BCUT2D eigenvalue weighted by Gasteiger charge is -2.19. The van der Waals surface area contributed by atoms with Crippen molar-refractivity contribution in [2.24, 2.45) is 5.92 Å². The van der Waals surface area contributed by atoms with E-state index in [1.165, 1.54) is 24.8 Å². The number of methoxy groups -OCH3 is 1. The lowest BCUT2D eigenvalue weighted by molar-refractivity contribution is 0.396. The van der Waals surface area contributed by atoms with Gasteiger partial charge in [-0.2, -0.15) is 0 Å². The zero-order valence-electron chi connectivity index (χ0n) is 9.79. The quantitative estimate of drug-likeness (QED) is 0.850. The topological polar surface area (TPSA) is 21.3 Å². The molecule has 1 aromatic carbocycles. The molecular weight excluding hydrogens is 222 g/mol. The van der Waals surface area contributed by atoms with Crippen molar-refractivity contribution in [3.8, 4) is 5.75 Å². The number of rotatable bonds is 5. The number of benzene rings is 1. The first-order valence-corrected chi connectivity index (χ1v) is 6.13. The van der Waals surface area contributed by atoms with Crippen molar-refractivity contribution in [1.29, 1.82) is 0 Å². The molecule has 0 amide bonds. The second kappa shape index (κ2) is 5.07. The Balaban J connectivity index is 2.23. The van der Waals surface area contributed by atoms with Crippen molar-refractivity contribution in [3.63, 3.8) is 0 Å². The van der Waals surface area contributed by atoms with E-state index in [0.29, 0.717) is 6.04 Å². The van der Waals surface area contributed by atoms with E-state index in [1.54, 1.807) is 7.11 Å². The predicted octanol–water partition coefficient (Wildman–Crippen LogP) is 3.41. The van der Waals surface area contributed by atoms with Gasteiger partial charge >= 0.3 is 0 Å². The minimum absolute atomic E-state index is 0.348. The van der Waals surface area contributed by atoms with Gasteiger partial charge in [-0.3, -0.25) is 0 Å². The van der Waals surface area contributed by atoms with Crippen LogP contribution in [0.15, 0.2) is 18.2 Å². The molecule has 1 saturated carbocycles. The van der Waals surface area contributed by atoms with Crippen LogP contribution in [0.2, 0.25) is 5.02 Å². The molecule has 2 nitrogen and oxygen atoms in total. The summed E-state index contributed by atoms with van der Waals surface area (Å²) >= 11 is 6.04. The van der Waals surface area contributed by atoms with Crippen LogP contribution in [-0.2, 0) is 0 Å². The lowest BCUT2D eigenvalue weighted by atomic mass is 10.0. The van der Waals surface area contributed by atoms with Crippen molar-refractivity contribution in [2.75, 3.05) is 14.2 Å². The third-order valence-corrected chi connectivity index (χ3v) is 3.42. The second-order valence-electron chi connectivity index (χ2n) is 4.41. The molecule has 1 atom stereocenters. The normalized spacial score (nSPS) is 17.2. The van der Waals surface area contributed by atoms with Crippen LogP contribution in [0.5, 0.6) is 5.75 Å². The van der Waals surface area contributed by atoms with Crippen LogP contribution in [0.4, 0.5) is 0 Å². The number of hydrogen-bond donors (Lipinski definition) is 1. The van der Waals surface area contributed by atoms with Crippen LogP contribution in [-0.4, -0.2) is 14.2 Å². The lowest BCUT2D eigenvalue weighted by Crippen LogP contribution is -2.17. The Morgan fingerprint density at radius 2 is 2.25 bits per heavy atom. The van der Waals surface area contributed by atoms with E-state index in [4.69, 9.17) is 16.3 Å². The van der Waals surface area contributed by atoms with E-state index in [-0.39, 0.29) is 0 Å². The highest BCUT2D eigenvalue weighted by molar-refractivity contribution is 6.30. The summed E-state index contributed by atoms with van der Waals surface area (Å²) in [7, 11) is 3.70. The van der Waals surface area contributed by atoms with Gasteiger partial charge in [0, 0.05) is 16.6 Å². The molecule has 0 aliphatic heterocycles. The van der Waals surface area contributed by atoms with Crippen LogP contribution in [0.25, 0.3) is 0 Å². The summed E-state index contributed by atoms with van der Waals surface area (Å²) in [4.78, 5) is 0. The molecule has 88 valence electrons.